The topological polar surface area (TPSA) is 61.2 Å². The fraction of sp³-hybridized carbons (Fsp3) is 0.364. The van der Waals surface area contributed by atoms with Crippen LogP contribution in [0.5, 0.6) is 0 Å². The van der Waals surface area contributed by atoms with Crippen molar-refractivity contribution in [2.75, 3.05) is 16.6 Å². The fourth-order valence-electron chi connectivity index (χ4n) is 1.83. The summed E-state index contributed by atoms with van der Waals surface area (Å²) < 4.78 is 25.1. The molecule has 0 aliphatic carbocycles. The van der Waals surface area contributed by atoms with Crippen molar-refractivity contribution in [1.29, 1.82) is 5.26 Å². The average Bonchev–Trinajstić information content (AvgIpc) is 2.30. The molecule has 0 atom stereocenters. The average molecular weight is 271 g/mol. The van der Waals surface area contributed by atoms with Gasteiger partial charge < -0.3 is 0 Å². The van der Waals surface area contributed by atoms with Crippen molar-refractivity contribution in [1.82, 2.24) is 0 Å². The number of hydrogen-bond donors (Lipinski definition) is 0. The van der Waals surface area contributed by atoms with Crippen molar-refractivity contribution >= 4 is 27.3 Å². The third-order valence-electron chi connectivity index (χ3n) is 2.69. The molecule has 1 aliphatic heterocycles. The van der Waals surface area contributed by atoms with E-state index in [2.05, 4.69) is 0 Å². The Hall–Kier alpha value is -1.25. The summed E-state index contributed by atoms with van der Waals surface area (Å²) in [6, 6.07) is 6.63. The monoisotopic (exact) mass is 270 g/mol. The highest BCUT2D eigenvalue weighted by Crippen LogP contribution is 2.31. The molecule has 1 saturated heterocycles. The Labute approximate surface area is 105 Å². The van der Waals surface area contributed by atoms with Gasteiger partial charge in [0, 0.05) is 6.54 Å². The predicted octanol–water partition coefficient (Wildman–Crippen LogP) is 2.14. The van der Waals surface area contributed by atoms with E-state index in [-0.39, 0.29) is 5.75 Å². The van der Waals surface area contributed by atoms with Gasteiger partial charge in [0.05, 0.1) is 28.1 Å². The lowest BCUT2D eigenvalue weighted by molar-refractivity contribution is 0.574. The van der Waals surface area contributed by atoms with Gasteiger partial charge in [-0.05, 0) is 31.0 Å². The van der Waals surface area contributed by atoms with Crippen LogP contribution in [-0.2, 0) is 10.0 Å². The van der Waals surface area contributed by atoms with Crippen molar-refractivity contribution < 1.29 is 8.42 Å². The summed E-state index contributed by atoms with van der Waals surface area (Å²) in [5.74, 6) is 0.139. The molecule has 0 saturated carbocycles. The highest BCUT2D eigenvalue weighted by Gasteiger charge is 2.27. The van der Waals surface area contributed by atoms with Crippen molar-refractivity contribution in [3.05, 3.63) is 28.8 Å². The molecule has 1 heterocycles. The Kier molecular flexibility index (Phi) is 3.27. The number of sulfonamides is 1. The standard InChI is InChI=1S/C11H11ClN2O2S/c12-10-4-3-9(8-13)7-11(10)14-5-1-2-6-17(14,15)16/h3-4,7H,1-2,5-6H2. The number of nitriles is 1. The second-order valence-corrected chi connectivity index (χ2v) is 6.29. The maximum atomic E-state index is 11.9. The van der Waals surface area contributed by atoms with Crippen LogP contribution in [0.15, 0.2) is 18.2 Å². The van der Waals surface area contributed by atoms with Gasteiger partial charge in [0.15, 0.2) is 0 Å². The van der Waals surface area contributed by atoms with E-state index in [1.165, 1.54) is 10.4 Å². The van der Waals surface area contributed by atoms with Crippen LogP contribution in [-0.4, -0.2) is 20.7 Å². The maximum Gasteiger partial charge on any atom is 0.235 e. The van der Waals surface area contributed by atoms with E-state index in [1.54, 1.807) is 12.1 Å². The normalized spacial score (nSPS) is 18.7. The molecule has 0 unspecified atom stereocenters. The molecule has 6 heteroatoms. The highest BCUT2D eigenvalue weighted by molar-refractivity contribution is 7.92. The molecule has 17 heavy (non-hydrogen) atoms. The second kappa shape index (κ2) is 4.55. The van der Waals surface area contributed by atoms with Gasteiger partial charge in [-0.2, -0.15) is 5.26 Å². The van der Waals surface area contributed by atoms with Crippen molar-refractivity contribution in [2.45, 2.75) is 12.8 Å². The summed E-state index contributed by atoms with van der Waals surface area (Å²) in [6.45, 7) is 0.428. The molecular formula is C11H11ClN2O2S. The molecule has 1 aromatic carbocycles. The Morgan fingerprint density at radius 3 is 2.76 bits per heavy atom. The Balaban J connectivity index is 2.49. The van der Waals surface area contributed by atoms with Crippen LogP contribution in [0.1, 0.15) is 18.4 Å². The molecule has 1 fully saturated rings. The summed E-state index contributed by atoms with van der Waals surface area (Å²) in [5, 5.41) is 9.18. The molecule has 0 spiro atoms. The number of benzene rings is 1. The van der Waals surface area contributed by atoms with Crippen LogP contribution >= 0.6 is 11.6 Å². The molecule has 90 valence electrons. The van der Waals surface area contributed by atoms with Crippen LogP contribution in [0.25, 0.3) is 0 Å². The van der Waals surface area contributed by atoms with Gasteiger partial charge in [0.1, 0.15) is 0 Å². The zero-order valence-corrected chi connectivity index (χ0v) is 10.6. The zero-order chi connectivity index (χ0) is 12.5. The smallest absolute Gasteiger partial charge is 0.235 e. The largest absolute Gasteiger partial charge is 0.269 e. The summed E-state index contributed by atoms with van der Waals surface area (Å²) >= 11 is 6.00. The van der Waals surface area contributed by atoms with E-state index in [0.717, 1.165) is 6.42 Å². The number of hydrogen-bond acceptors (Lipinski definition) is 3. The molecule has 4 nitrogen and oxygen atoms in total. The minimum absolute atomic E-state index is 0.139. The first-order valence-electron chi connectivity index (χ1n) is 5.25. The van der Waals surface area contributed by atoms with Crippen LogP contribution in [0, 0.1) is 11.3 Å². The summed E-state index contributed by atoms with van der Waals surface area (Å²) in [6.07, 6.45) is 1.49. The van der Waals surface area contributed by atoms with Crippen molar-refractivity contribution in [3.8, 4) is 6.07 Å². The van der Waals surface area contributed by atoms with E-state index in [9.17, 15) is 8.42 Å². The second-order valence-electron chi connectivity index (χ2n) is 3.87. The summed E-state index contributed by atoms with van der Waals surface area (Å²) in [7, 11) is -3.28. The van der Waals surface area contributed by atoms with Crippen molar-refractivity contribution in [3.63, 3.8) is 0 Å². The third-order valence-corrected chi connectivity index (χ3v) is 4.87. The minimum Gasteiger partial charge on any atom is -0.269 e. The van der Waals surface area contributed by atoms with Gasteiger partial charge in [0.2, 0.25) is 10.0 Å². The molecule has 0 bridgehead atoms. The van der Waals surface area contributed by atoms with Gasteiger partial charge >= 0.3 is 0 Å². The van der Waals surface area contributed by atoms with Crippen LogP contribution in [0.3, 0.4) is 0 Å². The Bertz CT molecular complexity index is 578. The van der Waals surface area contributed by atoms with Gasteiger partial charge in [0.25, 0.3) is 0 Å². The molecule has 2 rings (SSSR count). The van der Waals surface area contributed by atoms with Gasteiger partial charge in [-0.1, -0.05) is 11.6 Å². The molecular weight excluding hydrogens is 260 g/mol. The Morgan fingerprint density at radius 2 is 2.12 bits per heavy atom. The molecule has 0 radical (unpaired) electrons. The van der Waals surface area contributed by atoms with Crippen LogP contribution in [0.4, 0.5) is 5.69 Å². The first-order valence-corrected chi connectivity index (χ1v) is 7.23. The van der Waals surface area contributed by atoms with E-state index >= 15 is 0 Å². The minimum atomic E-state index is -3.28. The third kappa shape index (κ3) is 2.38. The predicted molar refractivity (Wildman–Crippen MR) is 66.5 cm³/mol. The number of anilines is 1. The summed E-state index contributed by atoms with van der Waals surface area (Å²) in [4.78, 5) is 0. The van der Waals surface area contributed by atoms with Crippen LogP contribution < -0.4 is 4.31 Å². The Morgan fingerprint density at radius 1 is 1.35 bits per heavy atom. The van der Waals surface area contributed by atoms with E-state index in [1.807, 2.05) is 6.07 Å². The molecule has 0 aromatic heterocycles. The lowest BCUT2D eigenvalue weighted by atomic mass is 10.2. The summed E-state index contributed by atoms with van der Waals surface area (Å²) in [5.41, 5.74) is 0.815. The van der Waals surface area contributed by atoms with Gasteiger partial charge in [-0.25, -0.2) is 8.42 Å². The number of rotatable bonds is 1. The number of halogens is 1. The lowest BCUT2D eigenvalue weighted by Crippen LogP contribution is -2.38. The lowest BCUT2D eigenvalue weighted by Gasteiger charge is -2.29. The first-order chi connectivity index (χ1) is 8.04. The first kappa shape index (κ1) is 12.2. The van der Waals surface area contributed by atoms with E-state index in [0.29, 0.717) is 29.2 Å². The molecule has 1 aromatic rings. The van der Waals surface area contributed by atoms with E-state index < -0.39 is 10.0 Å². The quantitative estimate of drug-likeness (QED) is 0.785. The molecule has 1 aliphatic rings. The number of nitrogens with zero attached hydrogens (tertiary/aromatic N) is 2. The zero-order valence-electron chi connectivity index (χ0n) is 9.06. The maximum absolute atomic E-state index is 11.9. The fourth-order valence-corrected chi connectivity index (χ4v) is 3.75. The SMILES string of the molecule is N#Cc1ccc(Cl)c(N2CCCCS2(=O)=O)c1. The van der Waals surface area contributed by atoms with Gasteiger partial charge in [-0.15, -0.1) is 0 Å². The highest BCUT2D eigenvalue weighted by atomic mass is 35.5. The van der Waals surface area contributed by atoms with Gasteiger partial charge in [-0.3, -0.25) is 4.31 Å². The molecule has 0 N–H and O–H groups in total. The van der Waals surface area contributed by atoms with Crippen molar-refractivity contribution in [2.24, 2.45) is 0 Å². The van der Waals surface area contributed by atoms with Crippen LogP contribution in [0.2, 0.25) is 5.02 Å². The van der Waals surface area contributed by atoms with E-state index in [4.69, 9.17) is 16.9 Å². The molecule has 0 amide bonds.